The zero-order chi connectivity index (χ0) is 8.81. The molecule has 2 nitrogen and oxygen atoms in total. The maximum Gasteiger partial charge on any atom is 2.00 e. The zero-order valence-electron chi connectivity index (χ0n) is 7.71. The summed E-state index contributed by atoms with van der Waals surface area (Å²) in [4.78, 5) is 7.83. The normalized spacial score (nSPS) is 8.15. The minimum absolute atomic E-state index is 0. The molecule has 0 saturated heterocycles. The summed E-state index contributed by atoms with van der Waals surface area (Å²) in [6, 6.07) is 7.80. The Labute approximate surface area is 91.5 Å². The molecule has 0 aliphatic heterocycles. The largest absolute Gasteiger partial charge is 2.00 e. The van der Waals surface area contributed by atoms with Gasteiger partial charge in [0.2, 0.25) is 0 Å². The summed E-state index contributed by atoms with van der Waals surface area (Å²) in [5.41, 5.74) is 2.22. The summed E-state index contributed by atoms with van der Waals surface area (Å²) in [5.74, 6) is 0. The fourth-order valence-electron chi connectivity index (χ4n) is 0.842. The van der Waals surface area contributed by atoms with Gasteiger partial charge in [-0.1, -0.05) is 38.1 Å². The van der Waals surface area contributed by atoms with E-state index in [1.165, 1.54) is 0 Å². The third-order valence-electron chi connectivity index (χ3n) is 1.37. The molecule has 2 aromatic rings. The molecule has 0 fully saturated rings. The summed E-state index contributed by atoms with van der Waals surface area (Å²) in [6.07, 6.45) is 3.50. The molecule has 0 N–H and O–H groups in total. The minimum Gasteiger partial charge on any atom is -0.670 e. The van der Waals surface area contributed by atoms with Gasteiger partial charge in [0.1, 0.15) is 0 Å². The first kappa shape index (κ1) is 12.2. The second-order valence-corrected chi connectivity index (χ2v) is 2.56. The Hall–Kier alpha value is -0.817. The average molecular weight is 261 g/mol. The molecule has 0 saturated carbocycles. The number of hydrogen-bond donors (Lipinski definition) is 0. The van der Waals surface area contributed by atoms with E-state index in [1.54, 1.807) is 12.4 Å². The van der Waals surface area contributed by atoms with Gasteiger partial charge in [-0.25, -0.2) is 0 Å². The SMILES string of the molecule is Cc1ccc(C)[n-]1.[Ru+2].c1cc[n-]c1. The molecule has 2 aromatic heterocycles. The molecule has 70 valence electrons. The predicted molar refractivity (Wildman–Crippen MR) is 49.0 cm³/mol. The first-order valence-corrected chi connectivity index (χ1v) is 3.87. The van der Waals surface area contributed by atoms with Crippen LogP contribution in [-0.4, -0.2) is 0 Å². The van der Waals surface area contributed by atoms with Gasteiger partial charge in [-0.2, -0.15) is 23.8 Å². The topological polar surface area (TPSA) is 28.2 Å². The first-order valence-electron chi connectivity index (χ1n) is 3.87. The Morgan fingerprint density at radius 3 is 1.54 bits per heavy atom. The Morgan fingerprint density at radius 2 is 1.38 bits per heavy atom. The van der Waals surface area contributed by atoms with Crippen LogP contribution in [0.1, 0.15) is 11.4 Å². The molecule has 3 heteroatoms. The van der Waals surface area contributed by atoms with Crippen LogP contribution in [-0.2, 0) is 19.5 Å². The van der Waals surface area contributed by atoms with Gasteiger partial charge in [0.15, 0.2) is 0 Å². The quantitative estimate of drug-likeness (QED) is 0.678. The van der Waals surface area contributed by atoms with Crippen molar-refractivity contribution in [3.05, 3.63) is 48.0 Å². The van der Waals surface area contributed by atoms with Gasteiger partial charge >= 0.3 is 19.5 Å². The summed E-state index contributed by atoms with van der Waals surface area (Å²) >= 11 is 0. The molecule has 2 heterocycles. The monoisotopic (exact) mass is 262 g/mol. The number of rotatable bonds is 0. The van der Waals surface area contributed by atoms with Gasteiger partial charge in [-0.15, -0.1) is 0 Å². The van der Waals surface area contributed by atoms with Gasteiger partial charge in [0, 0.05) is 0 Å². The van der Waals surface area contributed by atoms with Gasteiger partial charge < -0.3 is 9.97 Å². The van der Waals surface area contributed by atoms with Crippen molar-refractivity contribution in [2.75, 3.05) is 0 Å². The summed E-state index contributed by atoms with van der Waals surface area (Å²) < 4.78 is 0. The number of hydrogen-bond acceptors (Lipinski definition) is 0. The molecular formula is C10H12N2Ru. The molecule has 0 unspecified atom stereocenters. The maximum absolute atomic E-state index is 4.11. The summed E-state index contributed by atoms with van der Waals surface area (Å²) in [5, 5.41) is 0. The molecule has 0 aromatic carbocycles. The third-order valence-corrected chi connectivity index (χ3v) is 1.37. The van der Waals surface area contributed by atoms with Crippen molar-refractivity contribution in [1.29, 1.82) is 0 Å². The van der Waals surface area contributed by atoms with Crippen LogP contribution in [0.5, 0.6) is 0 Å². The molecule has 0 radical (unpaired) electrons. The summed E-state index contributed by atoms with van der Waals surface area (Å²) in [6.45, 7) is 3.99. The van der Waals surface area contributed by atoms with E-state index in [9.17, 15) is 0 Å². The van der Waals surface area contributed by atoms with Crippen LogP contribution in [0.4, 0.5) is 0 Å². The van der Waals surface area contributed by atoms with Gasteiger partial charge in [0.25, 0.3) is 0 Å². The standard InChI is InChI=1S/C6H8N.C4H4N.Ru/c1-5-3-4-6(2)7-5;1-2-4-5-3-1;/h3-4H,1-2H3;1-4H;/q2*-1;+2. The van der Waals surface area contributed by atoms with E-state index < -0.39 is 0 Å². The predicted octanol–water partition coefficient (Wildman–Crippen LogP) is 1.90. The molecule has 0 spiro atoms. The van der Waals surface area contributed by atoms with Crippen molar-refractivity contribution in [3.63, 3.8) is 0 Å². The second-order valence-electron chi connectivity index (χ2n) is 2.56. The van der Waals surface area contributed by atoms with Crippen molar-refractivity contribution < 1.29 is 19.5 Å². The number of aryl methyl sites for hydroxylation is 2. The Balaban J connectivity index is 0.000000215. The van der Waals surface area contributed by atoms with Crippen molar-refractivity contribution in [1.82, 2.24) is 9.97 Å². The van der Waals surface area contributed by atoms with Crippen LogP contribution in [0.2, 0.25) is 0 Å². The zero-order valence-corrected chi connectivity index (χ0v) is 9.45. The molecule has 13 heavy (non-hydrogen) atoms. The second kappa shape index (κ2) is 6.67. The molecule has 0 aliphatic carbocycles. The van der Waals surface area contributed by atoms with E-state index in [0.29, 0.717) is 0 Å². The van der Waals surface area contributed by atoms with Crippen LogP contribution < -0.4 is 9.97 Å². The van der Waals surface area contributed by atoms with E-state index >= 15 is 0 Å². The molecule has 2 rings (SSSR count). The van der Waals surface area contributed by atoms with Crippen molar-refractivity contribution in [3.8, 4) is 0 Å². The van der Waals surface area contributed by atoms with Crippen molar-refractivity contribution in [2.45, 2.75) is 13.8 Å². The molecule has 0 aliphatic rings. The van der Waals surface area contributed by atoms with E-state index in [4.69, 9.17) is 0 Å². The van der Waals surface area contributed by atoms with Crippen LogP contribution in [0.3, 0.4) is 0 Å². The van der Waals surface area contributed by atoms with Crippen molar-refractivity contribution in [2.24, 2.45) is 0 Å². The maximum atomic E-state index is 4.11. The number of aromatic nitrogens is 2. The van der Waals surface area contributed by atoms with Crippen LogP contribution >= 0.6 is 0 Å². The van der Waals surface area contributed by atoms with E-state index in [1.807, 2.05) is 38.1 Å². The minimum atomic E-state index is 0. The Morgan fingerprint density at radius 1 is 0.923 bits per heavy atom. The first-order chi connectivity index (χ1) is 5.79. The van der Waals surface area contributed by atoms with Crippen LogP contribution in [0.15, 0.2) is 36.7 Å². The van der Waals surface area contributed by atoms with Crippen molar-refractivity contribution >= 4 is 0 Å². The van der Waals surface area contributed by atoms with Crippen LogP contribution in [0, 0.1) is 13.8 Å². The smallest absolute Gasteiger partial charge is 0.670 e. The van der Waals surface area contributed by atoms with Gasteiger partial charge in [-0.05, 0) is 0 Å². The summed E-state index contributed by atoms with van der Waals surface area (Å²) in [7, 11) is 0. The van der Waals surface area contributed by atoms with Crippen LogP contribution in [0.25, 0.3) is 0 Å². The van der Waals surface area contributed by atoms with Gasteiger partial charge in [-0.3, -0.25) is 0 Å². The average Bonchev–Trinajstić information content (AvgIpc) is 2.63. The Kier molecular flexibility index (Phi) is 6.25. The molecule has 0 bridgehead atoms. The van der Waals surface area contributed by atoms with E-state index in [-0.39, 0.29) is 19.5 Å². The molecular weight excluding hydrogens is 249 g/mol. The third kappa shape index (κ3) is 5.43. The Bertz CT molecular complexity index is 265. The fraction of sp³-hybridized carbons (Fsp3) is 0.200. The van der Waals surface area contributed by atoms with E-state index in [2.05, 4.69) is 9.97 Å². The molecule has 0 atom stereocenters. The van der Waals surface area contributed by atoms with E-state index in [0.717, 1.165) is 11.4 Å². The molecule has 0 amide bonds. The van der Waals surface area contributed by atoms with Gasteiger partial charge in [0.05, 0.1) is 0 Å². The fourth-order valence-corrected chi connectivity index (χ4v) is 0.842. The number of nitrogens with zero attached hydrogens (tertiary/aromatic N) is 2.